The zero-order valence-corrected chi connectivity index (χ0v) is 24.9. The highest BCUT2D eigenvalue weighted by Crippen LogP contribution is 2.40. The largest absolute Gasteiger partial charge is 0.456 e. The summed E-state index contributed by atoms with van der Waals surface area (Å²) in [5.74, 6) is 0. The van der Waals surface area contributed by atoms with E-state index in [9.17, 15) is 0 Å². The molecule has 0 radical (unpaired) electrons. The van der Waals surface area contributed by atoms with Crippen LogP contribution in [-0.2, 0) is 0 Å². The first-order chi connectivity index (χ1) is 22.8. The number of furan rings is 1. The molecule has 0 aliphatic heterocycles. The van der Waals surface area contributed by atoms with E-state index >= 15 is 0 Å². The van der Waals surface area contributed by atoms with Gasteiger partial charge < -0.3 is 8.98 Å². The summed E-state index contributed by atoms with van der Waals surface area (Å²) < 4.78 is 8.49. The van der Waals surface area contributed by atoms with Gasteiger partial charge in [0, 0.05) is 27.2 Å². The van der Waals surface area contributed by atoms with Gasteiger partial charge in [0.15, 0.2) is 0 Å². The maximum atomic E-state index is 6.12. The molecule has 0 amide bonds. The molecule has 0 atom stereocenters. The number of para-hydroxylation sites is 3. The average molecular weight is 586 g/mol. The van der Waals surface area contributed by atoms with Crippen molar-refractivity contribution in [1.29, 1.82) is 0 Å². The molecule has 2 aromatic heterocycles. The second-order valence-electron chi connectivity index (χ2n) is 12.1. The molecule has 10 rings (SSSR count). The smallest absolute Gasteiger partial charge is 0.135 e. The quantitative estimate of drug-likeness (QED) is 0.189. The first-order valence-electron chi connectivity index (χ1n) is 15.8. The first kappa shape index (κ1) is 25.2. The fourth-order valence-corrected chi connectivity index (χ4v) is 7.44. The molecular formula is C44H27NO. The van der Waals surface area contributed by atoms with Crippen molar-refractivity contribution in [2.45, 2.75) is 0 Å². The topological polar surface area (TPSA) is 18.1 Å². The minimum absolute atomic E-state index is 0.920. The Morgan fingerprint density at radius 3 is 1.70 bits per heavy atom. The average Bonchev–Trinajstić information content (AvgIpc) is 3.65. The molecule has 10 aromatic rings. The Hall–Kier alpha value is -6.12. The van der Waals surface area contributed by atoms with Gasteiger partial charge in [-0.3, -0.25) is 0 Å². The van der Waals surface area contributed by atoms with Crippen LogP contribution in [-0.4, -0.2) is 4.57 Å². The van der Waals surface area contributed by atoms with E-state index in [1.54, 1.807) is 0 Å². The molecule has 0 spiro atoms. The van der Waals surface area contributed by atoms with Crippen molar-refractivity contribution in [3.63, 3.8) is 0 Å². The Balaban J connectivity index is 1.16. The normalized spacial score (nSPS) is 11.9. The number of hydrogen-bond acceptors (Lipinski definition) is 1. The van der Waals surface area contributed by atoms with Crippen molar-refractivity contribution in [3.8, 4) is 27.9 Å². The summed E-state index contributed by atoms with van der Waals surface area (Å²) in [5, 5.41) is 9.81. The molecule has 2 nitrogen and oxygen atoms in total. The number of hydrogen-bond donors (Lipinski definition) is 0. The lowest BCUT2D eigenvalue weighted by Crippen LogP contribution is -1.92. The van der Waals surface area contributed by atoms with Crippen molar-refractivity contribution in [1.82, 2.24) is 4.57 Å². The highest BCUT2D eigenvalue weighted by molar-refractivity contribution is 6.14. The maximum Gasteiger partial charge on any atom is 0.135 e. The highest BCUT2D eigenvalue weighted by Gasteiger charge is 2.15. The molecule has 46 heavy (non-hydrogen) atoms. The lowest BCUT2D eigenvalue weighted by atomic mass is 9.91. The van der Waals surface area contributed by atoms with Gasteiger partial charge in [-0.1, -0.05) is 103 Å². The van der Waals surface area contributed by atoms with Crippen molar-refractivity contribution in [2.24, 2.45) is 0 Å². The van der Waals surface area contributed by atoms with E-state index in [1.165, 1.54) is 71.3 Å². The third-order valence-corrected chi connectivity index (χ3v) is 9.57. The summed E-state index contributed by atoms with van der Waals surface area (Å²) in [6, 6.07) is 59.2. The fraction of sp³-hybridized carbons (Fsp3) is 0. The fourth-order valence-electron chi connectivity index (χ4n) is 7.44. The molecule has 2 heteroatoms. The standard InChI is InChI=1S/C44H27NO/c1-2-12-32(13-3-1)45-41-18-6-4-14-35(41)39-26-30(20-22-42(39)45)33-16-8-10-28-25-38-29(24-37(28)33)11-9-17-34(38)31-21-23-44-40(27-31)36-15-5-7-19-43(36)46-44/h1-27H. The number of fused-ring (bicyclic) bond motifs is 8. The van der Waals surface area contributed by atoms with E-state index in [1.807, 2.05) is 12.1 Å². The van der Waals surface area contributed by atoms with Gasteiger partial charge in [0.05, 0.1) is 11.0 Å². The van der Waals surface area contributed by atoms with Gasteiger partial charge in [0.25, 0.3) is 0 Å². The Morgan fingerprint density at radius 2 is 0.935 bits per heavy atom. The van der Waals surface area contributed by atoms with Gasteiger partial charge in [-0.25, -0.2) is 0 Å². The van der Waals surface area contributed by atoms with E-state index < -0.39 is 0 Å². The van der Waals surface area contributed by atoms with Crippen LogP contribution in [0.1, 0.15) is 0 Å². The summed E-state index contributed by atoms with van der Waals surface area (Å²) in [4.78, 5) is 0. The van der Waals surface area contributed by atoms with Crippen molar-refractivity contribution in [3.05, 3.63) is 164 Å². The molecule has 8 aromatic carbocycles. The molecule has 0 aliphatic carbocycles. The van der Waals surface area contributed by atoms with Crippen LogP contribution in [0.25, 0.3) is 93.2 Å². The summed E-state index contributed by atoms with van der Waals surface area (Å²) in [5.41, 5.74) is 10.4. The molecule has 0 N–H and O–H groups in total. The van der Waals surface area contributed by atoms with E-state index in [4.69, 9.17) is 4.42 Å². The van der Waals surface area contributed by atoms with Gasteiger partial charge >= 0.3 is 0 Å². The zero-order valence-electron chi connectivity index (χ0n) is 24.9. The molecule has 0 unspecified atom stereocenters. The third kappa shape index (κ3) is 3.71. The lowest BCUT2D eigenvalue weighted by molar-refractivity contribution is 0.669. The van der Waals surface area contributed by atoms with E-state index in [0.29, 0.717) is 0 Å². The van der Waals surface area contributed by atoms with Crippen molar-refractivity contribution in [2.75, 3.05) is 0 Å². The molecule has 2 heterocycles. The molecule has 0 fully saturated rings. The summed E-state index contributed by atoms with van der Waals surface area (Å²) in [7, 11) is 0. The van der Waals surface area contributed by atoms with E-state index in [0.717, 1.165) is 21.9 Å². The Bertz CT molecular complexity index is 2800. The Morgan fingerprint density at radius 1 is 0.348 bits per heavy atom. The van der Waals surface area contributed by atoms with Crippen LogP contribution in [0.4, 0.5) is 0 Å². The van der Waals surface area contributed by atoms with Crippen LogP contribution in [0, 0.1) is 0 Å². The molecule has 0 saturated carbocycles. The van der Waals surface area contributed by atoms with E-state index in [2.05, 4.69) is 156 Å². The third-order valence-electron chi connectivity index (χ3n) is 9.57. The van der Waals surface area contributed by atoms with Gasteiger partial charge in [-0.05, 0) is 104 Å². The van der Waals surface area contributed by atoms with Crippen molar-refractivity contribution >= 4 is 65.3 Å². The van der Waals surface area contributed by atoms with Crippen LogP contribution < -0.4 is 0 Å². The van der Waals surface area contributed by atoms with Crippen molar-refractivity contribution < 1.29 is 4.42 Å². The SMILES string of the molecule is c1ccc(-n2c3ccccc3c3cc(-c4cccc5cc6c(-c7ccc8oc9ccccc9c8c7)cccc6cc45)ccc32)cc1. The van der Waals surface area contributed by atoms with Gasteiger partial charge in [-0.15, -0.1) is 0 Å². The lowest BCUT2D eigenvalue weighted by Gasteiger charge is -2.12. The van der Waals surface area contributed by atoms with Gasteiger partial charge in [0.2, 0.25) is 0 Å². The van der Waals surface area contributed by atoms with Crippen LogP contribution in [0.3, 0.4) is 0 Å². The molecule has 0 saturated heterocycles. The molecule has 0 bridgehead atoms. The maximum absolute atomic E-state index is 6.12. The van der Waals surface area contributed by atoms with E-state index in [-0.39, 0.29) is 0 Å². The molecule has 0 aliphatic rings. The Labute approximate surface area is 265 Å². The number of aromatic nitrogens is 1. The van der Waals surface area contributed by atoms with Gasteiger partial charge in [0.1, 0.15) is 11.2 Å². The summed E-state index contributed by atoms with van der Waals surface area (Å²) >= 11 is 0. The predicted octanol–water partition coefficient (Wildman–Crippen LogP) is 12.3. The number of nitrogens with zero attached hydrogens (tertiary/aromatic N) is 1. The summed E-state index contributed by atoms with van der Waals surface area (Å²) in [6.07, 6.45) is 0. The van der Waals surface area contributed by atoms with Crippen LogP contribution in [0.15, 0.2) is 168 Å². The zero-order chi connectivity index (χ0) is 30.2. The second kappa shape index (κ2) is 9.69. The Kier molecular flexibility index (Phi) is 5.31. The molecular weight excluding hydrogens is 558 g/mol. The second-order valence-corrected chi connectivity index (χ2v) is 12.1. The minimum atomic E-state index is 0.920. The first-order valence-corrected chi connectivity index (χ1v) is 15.8. The highest BCUT2D eigenvalue weighted by atomic mass is 16.3. The van der Waals surface area contributed by atoms with Crippen LogP contribution in [0.5, 0.6) is 0 Å². The van der Waals surface area contributed by atoms with Gasteiger partial charge in [-0.2, -0.15) is 0 Å². The number of rotatable bonds is 3. The van der Waals surface area contributed by atoms with Crippen LogP contribution >= 0.6 is 0 Å². The summed E-state index contributed by atoms with van der Waals surface area (Å²) in [6.45, 7) is 0. The monoisotopic (exact) mass is 585 g/mol. The predicted molar refractivity (Wildman–Crippen MR) is 194 cm³/mol. The minimum Gasteiger partial charge on any atom is -0.456 e. The van der Waals surface area contributed by atoms with Crippen LogP contribution in [0.2, 0.25) is 0 Å². The molecule has 214 valence electrons. The number of benzene rings is 8.